The summed E-state index contributed by atoms with van der Waals surface area (Å²) in [6.07, 6.45) is 0. The van der Waals surface area contributed by atoms with Crippen molar-refractivity contribution in [2.45, 2.75) is 13.0 Å². The Bertz CT molecular complexity index is 379. The Balaban J connectivity index is 3.27. The van der Waals surface area contributed by atoms with Crippen LogP contribution in [0.4, 0.5) is 4.39 Å². The van der Waals surface area contributed by atoms with Crippen LogP contribution in [0.25, 0.3) is 0 Å². The molecular weight excluding hydrogens is 228 g/mol. The molecule has 2 nitrogen and oxygen atoms in total. The summed E-state index contributed by atoms with van der Waals surface area (Å²) in [5, 5.41) is -0.118. The van der Waals surface area contributed by atoms with Crippen molar-refractivity contribution in [1.29, 1.82) is 0 Å². The Morgan fingerprint density at radius 2 is 2.07 bits per heavy atom. The summed E-state index contributed by atoms with van der Waals surface area (Å²) in [7, 11) is 0. The predicted octanol–water partition coefficient (Wildman–Crippen LogP) is 2.66. The molecule has 5 heteroatoms. The largest absolute Gasteiger partial charge is 0.321 e. The molecular formula is C9H8Cl2FNO. The van der Waals surface area contributed by atoms with Gasteiger partial charge in [0, 0.05) is 10.6 Å². The number of nitrogens with two attached hydrogens (primary N) is 1. The maximum atomic E-state index is 13.1. The molecule has 0 fully saturated rings. The number of carbonyl (C=O) groups excluding carboxylic acids is 1. The lowest BCUT2D eigenvalue weighted by molar-refractivity contribution is 0.0967. The summed E-state index contributed by atoms with van der Waals surface area (Å²) in [5.41, 5.74) is 5.38. The van der Waals surface area contributed by atoms with E-state index in [1.807, 2.05) is 0 Å². The molecule has 0 saturated carbocycles. The number of benzene rings is 1. The molecule has 0 spiro atoms. The lowest BCUT2D eigenvalue weighted by Gasteiger charge is -2.07. The summed E-state index contributed by atoms with van der Waals surface area (Å²) >= 11 is 11.2. The van der Waals surface area contributed by atoms with Gasteiger partial charge in [0.25, 0.3) is 0 Å². The van der Waals surface area contributed by atoms with Crippen molar-refractivity contribution in [1.82, 2.24) is 0 Å². The first kappa shape index (κ1) is 11.4. The van der Waals surface area contributed by atoms with Gasteiger partial charge in [0.1, 0.15) is 5.82 Å². The second-order valence-electron chi connectivity index (χ2n) is 2.90. The zero-order chi connectivity index (χ0) is 10.9. The molecule has 1 atom stereocenters. The van der Waals surface area contributed by atoms with Gasteiger partial charge >= 0.3 is 0 Å². The van der Waals surface area contributed by atoms with E-state index < -0.39 is 17.6 Å². The summed E-state index contributed by atoms with van der Waals surface area (Å²) in [6, 6.07) is 1.62. The molecule has 0 aliphatic carbocycles. The van der Waals surface area contributed by atoms with Crippen molar-refractivity contribution in [3.63, 3.8) is 0 Å². The van der Waals surface area contributed by atoms with Gasteiger partial charge in [-0.3, -0.25) is 4.79 Å². The molecule has 0 saturated heterocycles. The van der Waals surface area contributed by atoms with Crippen LogP contribution in [0.2, 0.25) is 10.0 Å². The number of halogens is 3. The number of ketones is 1. The normalized spacial score (nSPS) is 12.6. The zero-order valence-electron chi connectivity index (χ0n) is 7.35. The fraction of sp³-hybridized carbons (Fsp3) is 0.222. The van der Waals surface area contributed by atoms with E-state index in [9.17, 15) is 9.18 Å². The fourth-order valence-corrected chi connectivity index (χ4v) is 1.39. The van der Waals surface area contributed by atoms with Gasteiger partial charge in [-0.15, -0.1) is 0 Å². The third-order valence-corrected chi connectivity index (χ3v) is 2.27. The molecule has 0 amide bonds. The molecule has 0 aliphatic rings. The van der Waals surface area contributed by atoms with Crippen LogP contribution in [0.5, 0.6) is 0 Å². The standard InChI is InChI=1S/C9H8Cl2FNO/c1-4(13)9(14)6-2-5(10)3-7(12)8(6)11/h2-4H,13H2,1H3. The van der Waals surface area contributed by atoms with E-state index in [2.05, 4.69) is 0 Å². The molecule has 76 valence electrons. The quantitative estimate of drug-likeness (QED) is 0.633. The fourth-order valence-electron chi connectivity index (χ4n) is 0.981. The third-order valence-electron chi connectivity index (χ3n) is 1.67. The molecule has 0 radical (unpaired) electrons. The maximum absolute atomic E-state index is 13.1. The predicted molar refractivity (Wildman–Crippen MR) is 54.4 cm³/mol. The van der Waals surface area contributed by atoms with E-state index in [1.165, 1.54) is 13.0 Å². The van der Waals surface area contributed by atoms with E-state index in [0.717, 1.165) is 6.07 Å². The number of rotatable bonds is 2. The second-order valence-corrected chi connectivity index (χ2v) is 3.72. The van der Waals surface area contributed by atoms with Crippen molar-refractivity contribution in [3.8, 4) is 0 Å². The van der Waals surface area contributed by atoms with E-state index >= 15 is 0 Å². The van der Waals surface area contributed by atoms with Gasteiger partial charge in [0.2, 0.25) is 0 Å². The van der Waals surface area contributed by atoms with Gasteiger partial charge in [-0.05, 0) is 19.1 Å². The van der Waals surface area contributed by atoms with Crippen LogP contribution < -0.4 is 5.73 Å². The Hall–Kier alpha value is -0.640. The highest BCUT2D eigenvalue weighted by Crippen LogP contribution is 2.25. The number of carbonyl (C=O) groups is 1. The molecule has 0 aliphatic heterocycles. The van der Waals surface area contributed by atoms with Crippen LogP contribution >= 0.6 is 23.2 Å². The van der Waals surface area contributed by atoms with E-state index in [4.69, 9.17) is 28.9 Å². The molecule has 0 aromatic heterocycles. The van der Waals surface area contributed by atoms with Crippen LogP contribution in [0, 0.1) is 5.82 Å². The van der Waals surface area contributed by atoms with Gasteiger partial charge in [-0.1, -0.05) is 23.2 Å². The van der Waals surface area contributed by atoms with Gasteiger partial charge in [-0.2, -0.15) is 0 Å². The Labute approximate surface area is 90.8 Å². The number of hydrogen-bond acceptors (Lipinski definition) is 2. The Kier molecular flexibility index (Phi) is 3.48. The monoisotopic (exact) mass is 235 g/mol. The van der Waals surface area contributed by atoms with Crippen molar-refractivity contribution in [2.75, 3.05) is 0 Å². The zero-order valence-corrected chi connectivity index (χ0v) is 8.86. The average Bonchev–Trinajstić information content (AvgIpc) is 2.09. The molecule has 1 rings (SSSR count). The molecule has 14 heavy (non-hydrogen) atoms. The van der Waals surface area contributed by atoms with Crippen molar-refractivity contribution in [3.05, 3.63) is 33.6 Å². The SMILES string of the molecule is CC(N)C(=O)c1cc(Cl)cc(F)c1Cl. The lowest BCUT2D eigenvalue weighted by atomic mass is 10.1. The first-order valence-electron chi connectivity index (χ1n) is 3.88. The molecule has 1 aromatic rings. The van der Waals surface area contributed by atoms with Gasteiger partial charge in [0.15, 0.2) is 5.78 Å². The highest BCUT2D eigenvalue weighted by Gasteiger charge is 2.17. The van der Waals surface area contributed by atoms with Crippen molar-refractivity contribution < 1.29 is 9.18 Å². The minimum absolute atomic E-state index is 0.0201. The van der Waals surface area contributed by atoms with Crippen LogP contribution in [-0.2, 0) is 0 Å². The lowest BCUT2D eigenvalue weighted by Crippen LogP contribution is -2.27. The van der Waals surface area contributed by atoms with Crippen molar-refractivity contribution in [2.24, 2.45) is 5.73 Å². The molecule has 0 bridgehead atoms. The summed E-state index contributed by atoms with van der Waals surface area (Å²) in [4.78, 5) is 11.4. The molecule has 1 aromatic carbocycles. The minimum Gasteiger partial charge on any atom is -0.321 e. The third kappa shape index (κ3) is 2.23. The molecule has 2 N–H and O–H groups in total. The van der Waals surface area contributed by atoms with Gasteiger partial charge in [-0.25, -0.2) is 4.39 Å². The number of Topliss-reactive ketones (excluding diaryl/α,β-unsaturated/α-hetero) is 1. The Morgan fingerprint density at radius 3 is 2.57 bits per heavy atom. The van der Waals surface area contributed by atoms with Gasteiger partial charge in [0.05, 0.1) is 11.1 Å². The first-order chi connectivity index (χ1) is 6.43. The summed E-state index contributed by atoms with van der Waals surface area (Å²) in [6.45, 7) is 1.50. The minimum atomic E-state index is -0.731. The topological polar surface area (TPSA) is 43.1 Å². The first-order valence-corrected chi connectivity index (χ1v) is 4.63. The average molecular weight is 236 g/mol. The smallest absolute Gasteiger partial charge is 0.180 e. The van der Waals surface area contributed by atoms with Crippen molar-refractivity contribution >= 4 is 29.0 Å². The highest BCUT2D eigenvalue weighted by atomic mass is 35.5. The van der Waals surface area contributed by atoms with Crippen LogP contribution in [-0.4, -0.2) is 11.8 Å². The van der Waals surface area contributed by atoms with E-state index in [1.54, 1.807) is 0 Å². The maximum Gasteiger partial charge on any atom is 0.180 e. The van der Waals surface area contributed by atoms with E-state index in [0.29, 0.717) is 0 Å². The van der Waals surface area contributed by atoms with Crippen LogP contribution in [0.1, 0.15) is 17.3 Å². The summed E-state index contributed by atoms with van der Waals surface area (Å²) < 4.78 is 13.1. The number of hydrogen-bond donors (Lipinski definition) is 1. The highest BCUT2D eigenvalue weighted by molar-refractivity contribution is 6.36. The molecule has 0 heterocycles. The van der Waals surface area contributed by atoms with E-state index in [-0.39, 0.29) is 15.6 Å². The molecule has 1 unspecified atom stereocenters. The second kappa shape index (κ2) is 4.26. The van der Waals surface area contributed by atoms with Crippen LogP contribution in [0.3, 0.4) is 0 Å². The van der Waals surface area contributed by atoms with Crippen LogP contribution in [0.15, 0.2) is 12.1 Å². The Morgan fingerprint density at radius 1 is 1.50 bits per heavy atom. The summed E-state index contributed by atoms with van der Waals surface area (Å²) in [5.74, 6) is -1.15. The van der Waals surface area contributed by atoms with Gasteiger partial charge < -0.3 is 5.73 Å².